The largest absolute Gasteiger partial charge is 0.394 e. The maximum absolute atomic E-state index is 12.7. The first-order chi connectivity index (χ1) is 13.5. The van der Waals surface area contributed by atoms with Gasteiger partial charge in [-0.05, 0) is 65.2 Å². The molecule has 28 heavy (non-hydrogen) atoms. The van der Waals surface area contributed by atoms with Gasteiger partial charge in [-0.15, -0.1) is 5.10 Å². The quantitative estimate of drug-likeness (QED) is 0.637. The van der Waals surface area contributed by atoms with Crippen LogP contribution in [0.1, 0.15) is 36.5 Å². The highest BCUT2D eigenvalue weighted by Gasteiger charge is 2.15. The molecule has 3 rings (SSSR count). The van der Waals surface area contributed by atoms with E-state index in [1.54, 1.807) is 35.9 Å². The lowest BCUT2D eigenvalue weighted by molar-refractivity contribution is 0.0922. The fourth-order valence-electron chi connectivity index (χ4n) is 2.81. The van der Waals surface area contributed by atoms with Gasteiger partial charge >= 0.3 is 0 Å². The number of nitrogens with one attached hydrogen (secondary N) is 1. The molecule has 1 heterocycles. The van der Waals surface area contributed by atoms with E-state index in [2.05, 4.69) is 27.8 Å². The van der Waals surface area contributed by atoms with E-state index in [-0.39, 0.29) is 18.6 Å². The zero-order chi connectivity index (χ0) is 20.1. The minimum Gasteiger partial charge on any atom is -0.394 e. The van der Waals surface area contributed by atoms with Gasteiger partial charge < -0.3 is 10.4 Å². The summed E-state index contributed by atoms with van der Waals surface area (Å²) >= 11 is 6.00. The predicted molar refractivity (Wildman–Crippen MR) is 108 cm³/mol. The third kappa shape index (κ3) is 4.55. The molecule has 2 N–H and O–H groups in total. The van der Waals surface area contributed by atoms with Gasteiger partial charge in [-0.25, -0.2) is 0 Å². The first-order valence-corrected chi connectivity index (χ1v) is 9.50. The number of benzene rings is 2. The normalized spacial score (nSPS) is 12.0. The van der Waals surface area contributed by atoms with Gasteiger partial charge in [0.05, 0.1) is 12.3 Å². The molecule has 1 unspecified atom stereocenters. The van der Waals surface area contributed by atoms with Gasteiger partial charge in [0, 0.05) is 23.0 Å². The van der Waals surface area contributed by atoms with Crippen molar-refractivity contribution in [3.8, 4) is 16.8 Å². The van der Waals surface area contributed by atoms with Crippen LogP contribution < -0.4 is 5.32 Å². The SMILES string of the molecule is CCCc1nnnn1-c1cc(C(=O)NC(C)CO)cc(-c2ccc(Cl)cc2)c1. The van der Waals surface area contributed by atoms with Crippen LogP contribution in [-0.4, -0.2) is 43.9 Å². The van der Waals surface area contributed by atoms with E-state index in [0.29, 0.717) is 16.3 Å². The van der Waals surface area contributed by atoms with Crippen molar-refractivity contribution in [2.75, 3.05) is 6.61 Å². The molecule has 2 aromatic carbocycles. The molecular formula is C20H22ClN5O2. The van der Waals surface area contributed by atoms with Crippen LogP contribution in [0.15, 0.2) is 42.5 Å². The van der Waals surface area contributed by atoms with Gasteiger partial charge in [0.25, 0.3) is 5.91 Å². The number of carbonyl (C=O) groups excluding carboxylic acids is 1. The average molecular weight is 400 g/mol. The van der Waals surface area contributed by atoms with Crippen LogP contribution in [0.3, 0.4) is 0 Å². The Morgan fingerprint density at radius 3 is 2.64 bits per heavy atom. The van der Waals surface area contributed by atoms with E-state index in [4.69, 9.17) is 11.6 Å². The molecule has 3 aromatic rings. The van der Waals surface area contributed by atoms with E-state index < -0.39 is 0 Å². The summed E-state index contributed by atoms with van der Waals surface area (Å²) in [6.45, 7) is 3.66. The van der Waals surface area contributed by atoms with Crippen LogP contribution in [0.4, 0.5) is 0 Å². The second kappa shape index (κ2) is 8.95. The lowest BCUT2D eigenvalue weighted by Crippen LogP contribution is -2.35. The molecule has 0 fully saturated rings. The molecule has 0 aliphatic heterocycles. The van der Waals surface area contributed by atoms with E-state index in [0.717, 1.165) is 29.8 Å². The molecule has 0 saturated heterocycles. The summed E-state index contributed by atoms with van der Waals surface area (Å²) in [5.74, 6) is 0.453. The van der Waals surface area contributed by atoms with Gasteiger partial charge in [0.2, 0.25) is 0 Å². The Balaban J connectivity index is 2.09. The fourth-order valence-corrected chi connectivity index (χ4v) is 2.94. The number of aromatic nitrogens is 4. The molecule has 1 amide bonds. The Morgan fingerprint density at radius 1 is 1.21 bits per heavy atom. The molecule has 0 saturated carbocycles. The smallest absolute Gasteiger partial charge is 0.251 e. The summed E-state index contributed by atoms with van der Waals surface area (Å²) in [5, 5.41) is 24.6. The van der Waals surface area contributed by atoms with E-state index in [1.807, 2.05) is 18.2 Å². The van der Waals surface area contributed by atoms with Gasteiger partial charge in [-0.3, -0.25) is 4.79 Å². The molecule has 8 heteroatoms. The standard InChI is InChI=1S/C20H22ClN5O2/c1-3-4-19-23-24-25-26(19)18-10-15(14-5-7-17(21)8-6-14)9-16(11-18)20(28)22-13(2)12-27/h5-11,13,27H,3-4,12H2,1-2H3,(H,22,28). The van der Waals surface area contributed by atoms with Crippen molar-refractivity contribution in [1.82, 2.24) is 25.5 Å². The first kappa shape index (κ1) is 20.0. The summed E-state index contributed by atoms with van der Waals surface area (Å²) in [7, 11) is 0. The highest BCUT2D eigenvalue weighted by Crippen LogP contribution is 2.26. The number of aliphatic hydroxyl groups excluding tert-OH is 1. The minimum atomic E-state index is -0.348. The van der Waals surface area contributed by atoms with Gasteiger partial charge in [-0.1, -0.05) is 30.7 Å². The molecule has 1 atom stereocenters. The number of hydrogen-bond donors (Lipinski definition) is 2. The Labute approximate surface area is 168 Å². The number of carbonyl (C=O) groups is 1. The van der Waals surface area contributed by atoms with Crippen LogP contribution in [0, 0.1) is 0 Å². The zero-order valence-corrected chi connectivity index (χ0v) is 16.5. The molecule has 0 spiro atoms. The highest BCUT2D eigenvalue weighted by atomic mass is 35.5. The maximum Gasteiger partial charge on any atom is 0.251 e. The Hall–Kier alpha value is -2.77. The highest BCUT2D eigenvalue weighted by molar-refractivity contribution is 6.30. The monoisotopic (exact) mass is 399 g/mol. The minimum absolute atomic E-state index is 0.136. The summed E-state index contributed by atoms with van der Waals surface area (Å²) < 4.78 is 1.65. The topological polar surface area (TPSA) is 92.9 Å². The van der Waals surface area contributed by atoms with Crippen molar-refractivity contribution in [2.45, 2.75) is 32.7 Å². The summed E-state index contributed by atoms with van der Waals surface area (Å²) in [6, 6.07) is 12.5. The number of nitrogens with zero attached hydrogens (tertiary/aromatic N) is 4. The lowest BCUT2D eigenvalue weighted by Gasteiger charge is -2.14. The number of aliphatic hydroxyl groups is 1. The molecule has 1 aromatic heterocycles. The van der Waals surface area contributed by atoms with Crippen molar-refractivity contribution in [3.05, 3.63) is 58.9 Å². The maximum atomic E-state index is 12.7. The van der Waals surface area contributed by atoms with Crippen molar-refractivity contribution in [3.63, 3.8) is 0 Å². The molecule has 146 valence electrons. The number of rotatable bonds is 7. The molecule has 0 bridgehead atoms. The second-order valence-electron chi connectivity index (χ2n) is 6.59. The van der Waals surface area contributed by atoms with Crippen LogP contribution in [0.2, 0.25) is 5.02 Å². The summed E-state index contributed by atoms with van der Waals surface area (Å²) in [5.41, 5.74) is 2.91. The number of hydrogen-bond acceptors (Lipinski definition) is 5. The molecule has 0 radical (unpaired) electrons. The molecule has 7 nitrogen and oxygen atoms in total. The van der Waals surface area contributed by atoms with Gasteiger partial charge in [-0.2, -0.15) is 4.68 Å². The van der Waals surface area contributed by atoms with Crippen LogP contribution >= 0.6 is 11.6 Å². The van der Waals surface area contributed by atoms with E-state index >= 15 is 0 Å². The predicted octanol–water partition coefficient (Wildman–Crippen LogP) is 3.05. The molecular weight excluding hydrogens is 378 g/mol. The Morgan fingerprint density at radius 2 is 1.96 bits per heavy atom. The van der Waals surface area contributed by atoms with E-state index in [9.17, 15) is 9.90 Å². The third-order valence-corrected chi connectivity index (χ3v) is 4.51. The first-order valence-electron chi connectivity index (χ1n) is 9.12. The molecule has 0 aliphatic rings. The van der Waals surface area contributed by atoms with Gasteiger partial charge in [0.15, 0.2) is 5.82 Å². The Kier molecular flexibility index (Phi) is 6.38. The van der Waals surface area contributed by atoms with Crippen molar-refractivity contribution in [2.24, 2.45) is 0 Å². The van der Waals surface area contributed by atoms with Crippen LogP contribution in [-0.2, 0) is 6.42 Å². The average Bonchev–Trinajstić information content (AvgIpc) is 3.16. The molecule has 0 aliphatic carbocycles. The number of aryl methyl sites for hydroxylation is 1. The van der Waals surface area contributed by atoms with Crippen LogP contribution in [0.25, 0.3) is 16.8 Å². The fraction of sp³-hybridized carbons (Fsp3) is 0.300. The summed E-state index contributed by atoms with van der Waals surface area (Å²) in [4.78, 5) is 12.7. The van der Waals surface area contributed by atoms with E-state index in [1.165, 1.54) is 0 Å². The number of tetrazole rings is 1. The Bertz CT molecular complexity index is 955. The van der Waals surface area contributed by atoms with Crippen LogP contribution in [0.5, 0.6) is 0 Å². The van der Waals surface area contributed by atoms with Crippen molar-refractivity contribution >= 4 is 17.5 Å². The van der Waals surface area contributed by atoms with Crippen molar-refractivity contribution in [1.29, 1.82) is 0 Å². The second-order valence-corrected chi connectivity index (χ2v) is 7.03. The van der Waals surface area contributed by atoms with Crippen molar-refractivity contribution < 1.29 is 9.90 Å². The number of halogens is 1. The summed E-state index contributed by atoms with van der Waals surface area (Å²) in [6.07, 6.45) is 1.62. The number of amides is 1. The van der Waals surface area contributed by atoms with Gasteiger partial charge in [0.1, 0.15) is 0 Å². The third-order valence-electron chi connectivity index (χ3n) is 4.26. The lowest BCUT2D eigenvalue weighted by atomic mass is 10.0. The zero-order valence-electron chi connectivity index (χ0n) is 15.8.